The molecule has 1 aromatic carbocycles. The molecule has 0 fully saturated rings. The number of aliphatic hydroxyl groups is 1. The highest BCUT2D eigenvalue weighted by atomic mass is 35.5. The first-order chi connectivity index (χ1) is 9.56. The molecule has 0 saturated carbocycles. The molecule has 1 aliphatic heterocycles. The molecule has 0 aliphatic carbocycles. The molecule has 20 heavy (non-hydrogen) atoms. The van der Waals surface area contributed by atoms with Crippen molar-refractivity contribution in [3.05, 3.63) is 22.5 Å². The van der Waals surface area contributed by atoms with Crippen LogP contribution in [0.15, 0.2) is 6.07 Å². The van der Waals surface area contributed by atoms with Gasteiger partial charge in [0, 0.05) is 12.5 Å². The topological polar surface area (TPSA) is 65.0 Å². The third-order valence-electron chi connectivity index (χ3n) is 2.75. The van der Waals surface area contributed by atoms with Gasteiger partial charge in [-0.15, -0.1) is 0 Å². The minimum Gasteiger partial charge on any atom is -0.489 e. The predicted molar refractivity (Wildman–Crippen MR) is 68.6 cm³/mol. The van der Waals surface area contributed by atoms with Crippen LogP contribution in [0, 0.1) is 5.82 Å². The molecule has 1 aliphatic rings. The summed E-state index contributed by atoms with van der Waals surface area (Å²) >= 11 is 5.76. The van der Waals surface area contributed by atoms with Crippen molar-refractivity contribution in [3.63, 3.8) is 0 Å². The fourth-order valence-corrected chi connectivity index (χ4v) is 2.06. The van der Waals surface area contributed by atoms with Crippen LogP contribution in [0.2, 0.25) is 5.02 Å². The molecule has 0 radical (unpaired) electrons. The highest BCUT2D eigenvalue weighted by Gasteiger charge is 2.31. The molecular formula is C13H14ClFO5. The molecule has 1 aromatic rings. The summed E-state index contributed by atoms with van der Waals surface area (Å²) in [7, 11) is 0. The Morgan fingerprint density at radius 2 is 2.25 bits per heavy atom. The van der Waals surface area contributed by atoms with Crippen molar-refractivity contribution in [2.24, 2.45) is 0 Å². The first kappa shape index (κ1) is 14.9. The largest absolute Gasteiger partial charge is 0.489 e. The van der Waals surface area contributed by atoms with Gasteiger partial charge in [-0.05, 0) is 6.92 Å². The van der Waals surface area contributed by atoms with Crippen LogP contribution in [0.4, 0.5) is 4.39 Å². The number of benzene rings is 1. The van der Waals surface area contributed by atoms with Gasteiger partial charge in [0.2, 0.25) is 0 Å². The highest BCUT2D eigenvalue weighted by Crippen LogP contribution is 2.42. The summed E-state index contributed by atoms with van der Waals surface area (Å²) in [4.78, 5) is 11.6. The number of hydrogen-bond acceptors (Lipinski definition) is 5. The Balaban J connectivity index is 2.50. The Morgan fingerprint density at radius 3 is 2.95 bits per heavy atom. The molecule has 0 amide bonds. The van der Waals surface area contributed by atoms with Gasteiger partial charge in [0.05, 0.1) is 30.4 Å². The third-order valence-corrected chi connectivity index (χ3v) is 3.02. The van der Waals surface area contributed by atoms with Crippen molar-refractivity contribution < 1.29 is 28.5 Å². The second kappa shape index (κ2) is 6.28. The van der Waals surface area contributed by atoms with Crippen LogP contribution in [-0.4, -0.2) is 30.9 Å². The fourth-order valence-electron chi connectivity index (χ4n) is 1.86. The van der Waals surface area contributed by atoms with Crippen molar-refractivity contribution in [1.29, 1.82) is 0 Å². The fraction of sp³-hybridized carbons (Fsp3) is 0.462. The average molecular weight is 305 g/mol. The van der Waals surface area contributed by atoms with Crippen LogP contribution in [-0.2, 0) is 9.53 Å². The maximum atomic E-state index is 14.1. The Hall–Kier alpha value is -1.53. The van der Waals surface area contributed by atoms with Crippen molar-refractivity contribution in [1.82, 2.24) is 0 Å². The van der Waals surface area contributed by atoms with Gasteiger partial charge in [-0.2, -0.15) is 0 Å². The monoisotopic (exact) mass is 304 g/mol. The Labute approximate surface area is 120 Å². The molecule has 5 nitrogen and oxygen atoms in total. The lowest BCUT2D eigenvalue weighted by atomic mass is 10.1. The molecule has 1 heterocycles. The van der Waals surface area contributed by atoms with E-state index < -0.39 is 17.9 Å². The lowest BCUT2D eigenvalue weighted by Gasteiger charge is -2.17. The SMILES string of the molecule is CCOC(=O)C(O)c1c(F)c(Cl)cc2c1OCCCO2. The van der Waals surface area contributed by atoms with E-state index in [0.29, 0.717) is 13.0 Å². The molecule has 0 spiro atoms. The standard InChI is InChI=1S/C13H14ClFO5/c1-2-18-13(17)11(16)9-10(15)7(14)6-8-12(9)20-5-3-4-19-8/h6,11,16H,2-5H2,1H3. The van der Waals surface area contributed by atoms with E-state index in [0.717, 1.165) is 0 Å². The van der Waals surface area contributed by atoms with Gasteiger partial charge < -0.3 is 19.3 Å². The van der Waals surface area contributed by atoms with E-state index in [1.165, 1.54) is 6.07 Å². The molecule has 1 N–H and O–H groups in total. The number of carbonyl (C=O) groups is 1. The lowest BCUT2D eigenvalue weighted by molar-refractivity contribution is -0.153. The molecule has 1 unspecified atom stereocenters. The van der Waals surface area contributed by atoms with E-state index in [9.17, 15) is 14.3 Å². The van der Waals surface area contributed by atoms with Crippen LogP contribution >= 0.6 is 11.6 Å². The van der Waals surface area contributed by atoms with Gasteiger partial charge in [0.25, 0.3) is 0 Å². The third kappa shape index (κ3) is 2.81. The molecule has 0 bridgehead atoms. The van der Waals surface area contributed by atoms with Crippen molar-refractivity contribution >= 4 is 17.6 Å². The van der Waals surface area contributed by atoms with Gasteiger partial charge in [-0.25, -0.2) is 9.18 Å². The minimum atomic E-state index is -1.82. The molecule has 110 valence electrons. The molecule has 1 atom stereocenters. The number of rotatable bonds is 3. The van der Waals surface area contributed by atoms with Crippen LogP contribution in [0.3, 0.4) is 0 Å². The normalized spacial score (nSPS) is 15.4. The van der Waals surface area contributed by atoms with Crippen LogP contribution < -0.4 is 9.47 Å². The summed E-state index contributed by atoms with van der Waals surface area (Å²) in [5, 5.41) is 9.71. The number of esters is 1. The first-order valence-electron chi connectivity index (χ1n) is 6.18. The van der Waals surface area contributed by atoms with Gasteiger partial charge in [-0.1, -0.05) is 11.6 Å². The van der Waals surface area contributed by atoms with E-state index in [1.807, 2.05) is 0 Å². The molecule has 0 aromatic heterocycles. The average Bonchev–Trinajstić information content (AvgIpc) is 2.65. The summed E-state index contributed by atoms with van der Waals surface area (Å²) in [6.07, 6.45) is -1.22. The number of halogens is 2. The second-order valence-corrected chi connectivity index (χ2v) is 4.53. The Morgan fingerprint density at radius 1 is 1.55 bits per heavy atom. The summed E-state index contributed by atoms with van der Waals surface area (Å²) in [6.45, 7) is 2.32. The van der Waals surface area contributed by atoms with E-state index in [-0.39, 0.29) is 35.3 Å². The second-order valence-electron chi connectivity index (χ2n) is 4.12. The van der Waals surface area contributed by atoms with Crippen molar-refractivity contribution in [2.45, 2.75) is 19.4 Å². The van der Waals surface area contributed by atoms with Crippen LogP contribution in [0.25, 0.3) is 0 Å². The first-order valence-corrected chi connectivity index (χ1v) is 6.56. The number of hydrogen-bond donors (Lipinski definition) is 1. The summed E-state index contributed by atoms with van der Waals surface area (Å²) < 4.78 is 29.6. The van der Waals surface area contributed by atoms with Crippen LogP contribution in [0.1, 0.15) is 25.0 Å². The maximum Gasteiger partial charge on any atom is 0.339 e. The number of ether oxygens (including phenoxy) is 3. The predicted octanol–water partition coefficient (Wildman–Crippen LogP) is 2.24. The zero-order valence-electron chi connectivity index (χ0n) is 10.8. The van der Waals surface area contributed by atoms with Gasteiger partial charge >= 0.3 is 5.97 Å². The van der Waals surface area contributed by atoms with Crippen molar-refractivity contribution in [3.8, 4) is 11.5 Å². The highest BCUT2D eigenvalue weighted by molar-refractivity contribution is 6.31. The number of fused-ring (bicyclic) bond motifs is 1. The van der Waals surface area contributed by atoms with Gasteiger partial charge in [-0.3, -0.25) is 0 Å². The summed E-state index contributed by atoms with van der Waals surface area (Å²) in [5.74, 6) is -1.70. The summed E-state index contributed by atoms with van der Waals surface area (Å²) in [6, 6.07) is 1.26. The molecule has 7 heteroatoms. The molecule has 2 rings (SSSR count). The molecule has 0 saturated heterocycles. The maximum absolute atomic E-state index is 14.1. The van der Waals surface area contributed by atoms with Gasteiger partial charge in [0.1, 0.15) is 0 Å². The zero-order valence-corrected chi connectivity index (χ0v) is 11.6. The molecular weight excluding hydrogens is 291 g/mol. The van der Waals surface area contributed by atoms with E-state index in [2.05, 4.69) is 4.74 Å². The van der Waals surface area contributed by atoms with Crippen LogP contribution in [0.5, 0.6) is 11.5 Å². The lowest BCUT2D eigenvalue weighted by Crippen LogP contribution is -2.18. The number of carbonyl (C=O) groups excluding carboxylic acids is 1. The summed E-state index contributed by atoms with van der Waals surface area (Å²) in [5.41, 5.74) is -0.354. The van der Waals surface area contributed by atoms with Crippen molar-refractivity contribution in [2.75, 3.05) is 19.8 Å². The Kier molecular flexibility index (Phi) is 4.67. The smallest absolute Gasteiger partial charge is 0.339 e. The minimum absolute atomic E-state index is 0.00930. The van der Waals surface area contributed by atoms with E-state index >= 15 is 0 Å². The quantitative estimate of drug-likeness (QED) is 0.868. The Bertz CT molecular complexity index is 520. The number of aliphatic hydroxyl groups excluding tert-OH is 1. The van der Waals surface area contributed by atoms with Gasteiger partial charge in [0.15, 0.2) is 23.4 Å². The van der Waals surface area contributed by atoms with E-state index in [4.69, 9.17) is 21.1 Å². The van der Waals surface area contributed by atoms with E-state index in [1.54, 1.807) is 6.92 Å². The zero-order chi connectivity index (χ0) is 14.7.